The van der Waals surface area contributed by atoms with Crippen molar-refractivity contribution in [3.8, 4) is 5.75 Å². The second kappa shape index (κ2) is 12.2. The van der Waals surface area contributed by atoms with E-state index in [1.165, 1.54) is 43.7 Å². The Balaban J connectivity index is 0.000000174. The van der Waals surface area contributed by atoms with E-state index in [9.17, 15) is 9.59 Å². The summed E-state index contributed by atoms with van der Waals surface area (Å²) in [5.74, 6) is 0.678. The van der Waals surface area contributed by atoms with Gasteiger partial charge in [0, 0.05) is 10.6 Å². The SMILES string of the molecule is O=C(O)Cc1nc2cc(Cl)ccc2c(=O)[nH]1.c1ccc(NOc2ccccc2C2CCCCC2)cc1. The fraction of sp³-hybridized carbons (Fsp3) is 0.250. The van der Waals surface area contributed by atoms with E-state index >= 15 is 0 Å². The summed E-state index contributed by atoms with van der Waals surface area (Å²) in [4.78, 5) is 34.3. The predicted octanol–water partition coefficient (Wildman–Crippen LogP) is 6.34. The standard InChI is InChI=1S/C18H21NO.C10H7ClN2O3/c1-3-9-15(10-4-1)17-13-7-8-14-18(17)20-19-16-11-5-2-6-12-16;11-5-1-2-6-7(3-5)12-8(4-9(14)15)13-10(6)16/h2,5-8,11-15,19H,1,3-4,9-10H2;1-3H,4H2,(H,14,15)(H,12,13,16). The Bertz CT molecular complexity index is 1370. The van der Waals surface area contributed by atoms with Crippen molar-refractivity contribution in [2.24, 2.45) is 0 Å². The van der Waals surface area contributed by atoms with E-state index in [-0.39, 0.29) is 17.8 Å². The Morgan fingerprint density at radius 2 is 1.75 bits per heavy atom. The first-order valence-electron chi connectivity index (χ1n) is 12.0. The lowest BCUT2D eigenvalue weighted by atomic mass is 9.84. The van der Waals surface area contributed by atoms with Crippen molar-refractivity contribution in [3.05, 3.63) is 99.6 Å². The number of para-hydroxylation sites is 2. The number of H-pyrrole nitrogens is 1. The Kier molecular flexibility index (Phi) is 8.57. The number of hydrogen-bond acceptors (Lipinski definition) is 5. The van der Waals surface area contributed by atoms with Gasteiger partial charge in [-0.1, -0.05) is 67.3 Å². The average molecular weight is 506 g/mol. The molecule has 0 unspecified atom stereocenters. The third-order valence-corrected chi connectivity index (χ3v) is 6.29. The molecule has 0 saturated heterocycles. The Labute approximate surface area is 214 Å². The molecule has 0 bridgehead atoms. The van der Waals surface area contributed by atoms with Crippen molar-refractivity contribution < 1.29 is 14.7 Å². The molecular formula is C28H28ClN3O4. The maximum Gasteiger partial charge on any atom is 0.311 e. The normalized spacial score (nSPS) is 13.5. The fourth-order valence-electron chi connectivity index (χ4n) is 4.33. The number of halogens is 1. The number of aliphatic carboxylic acids is 1. The zero-order valence-electron chi connectivity index (χ0n) is 19.7. The highest BCUT2D eigenvalue weighted by atomic mass is 35.5. The highest BCUT2D eigenvalue weighted by molar-refractivity contribution is 6.31. The molecule has 3 aromatic carbocycles. The van der Waals surface area contributed by atoms with Crippen molar-refractivity contribution in [2.75, 3.05) is 5.48 Å². The molecule has 1 fully saturated rings. The second-order valence-corrected chi connectivity index (χ2v) is 9.12. The van der Waals surface area contributed by atoms with Crippen LogP contribution in [0.15, 0.2) is 77.6 Å². The number of hydrogen-bond donors (Lipinski definition) is 3. The van der Waals surface area contributed by atoms with Crippen LogP contribution in [0, 0.1) is 0 Å². The van der Waals surface area contributed by atoms with E-state index in [1.54, 1.807) is 12.1 Å². The van der Waals surface area contributed by atoms with E-state index in [2.05, 4.69) is 33.6 Å². The number of aromatic nitrogens is 2. The number of fused-ring (bicyclic) bond motifs is 1. The van der Waals surface area contributed by atoms with Crippen LogP contribution in [0.25, 0.3) is 10.9 Å². The van der Waals surface area contributed by atoms with Gasteiger partial charge in [-0.15, -0.1) is 0 Å². The Morgan fingerprint density at radius 3 is 2.50 bits per heavy atom. The van der Waals surface area contributed by atoms with E-state index in [0.29, 0.717) is 21.8 Å². The Hall–Kier alpha value is -3.84. The summed E-state index contributed by atoms with van der Waals surface area (Å²) in [6, 6.07) is 23.1. The number of aromatic amines is 1. The molecule has 4 aromatic rings. The van der Waals surface area contributed by atoms with Crippen LogP contribution >= 0.6 is 11.6 Å². The second-order valence-electron chi connectivity index (χ2n) is 8.69. The smallest absolute Gasteiger partial charge is 0.311 e. The molecular weight excluding hydrogens is 478 g/mol. The molecule has 36 heavy (non-hydrogen) atoms. The number of nitrogens with one attached hydrogen (secondary N) is 2. The fourth-order valence-corrected chi connectivity index (χ4v) is 4.50. The number of nitrogens with zero attached hydrogens (tertiary/aromatic N) is 1. The van der Waals surface area contributed by atoms with Gasteiger partial charge in [0.2, 0.25) is 0 Å². The summed E-state index contributed by atoms with van der Waals surface area (Å²) < 4.78 is 0. The first kappa shape index (κ1) is 25.3. The van der Waals surface area contributed by atoms with Crippen LogP contribution in [0.4, 0.5) is 5.69 Å². The molecule has 1 aromatic heterocycles. The van der Waals surface area contributed by atoms with Gasteiger partial charge >= 0.3 is 5.97 Å². The van der Waals surface area contributed by atoms with Crippen LogP contribution in [0.1, 0.15) is 49.4 Å². The van der Waals surface area contributed by atoms with Crippen LogP contribution in [-0.4, -0.2) is 21.0 Å². The summed E-state index contributed by atoms with van der Waals surface area (Å²) in [6.45, 7) is 0. The lowest BCUT2D eigenvalue weighted by molar-refractivity contribution is -0.136. The molecule has 0 atom stereocenters. The molecule has 0 radical (unpaired) electrons. The third kappa shape index (κ3) is 6.86. The molecule has 0 amide bonds. The zero-order valence-corrected chi connectivity index (χ0v) is 20.5. The van der Waals surface area contributed by atoms with Gasteiger partial charge in [0.25, 0.3) is 5.56 Å². The predicted molar refractivity (Wildman–Crippen MR) is 142 cm³/mol. The number of rotatable bonds is 6. The number of carboxylic acid groups (broad SMARTS) is 1. The number of benzene rings is 3. The summed E-state index contributed by atoms with van der Waals surface area (Å²) >= 11 is 5.76. The minimum Gasteiger partial charge on any atom is -0.481 e. The van der Waals surface area contributed by atoms with Gasteiger partial charge in [0.1, 0.15) is 12.2 Å². The van der Waals surface area contributed by atoms with Crippen LogP contribution in [0.3, 0.4) is 0 Å². The van der Waals surface area contributed by atoms with Gasteiger partial charge in [0.15, 0.2) is 5.75 Å². The number of anilines is 1. The summed E-state index contributed by atoms with van der Waals surface area (Å²) in [5.41, 5.74) is 5.39. The summed E-state index contributed by atoms with van der Waals surface area (Å²) in [5, 5.41) is 9.43. The van der Waals surface area contributed by atoms with Gasteiger partial charge in [-0.05, 0) is 55.2 Å². The first-order chi connectivity index (χ1) is 17.5. The average Bonchev–Trinajstić information content (AvgIpc) is 2.88. The monoisotopic (exact) mass is 505 g/mol. The summed E-state index contributed by atoms with van der Waals surface area (Å²) in [7, 11) is 0. The van der Waals surface area contributed by atoms with Crippen LogP contribution in [0.2, 0.25) is 5.02 Å². The van der Waals surface area contributed by atoms with E-state index < -0.39 is 5.97 Å². The minimum absolute atomic E-state index is 0.118. The van der Waals surface area contributed by atoms with Crippen molar-refractivity contribution in [3.63, 3.8) is 0 Å². The van der Waals surface area contributed by atoms with Crippen LogP contribution in [0.5, 0.6) is 5.75 Å². The first-order valence-corrected chi connectivity index (χ1v) is 12.3. The molecule has 0 aliphatic heterocycles. The molecule has 5 rings (SSSR count). The molecule has 1 heterocycles. The largest absolute Gasteiger partial charge is 0.481 e. The van der Waals surface area contributed by atoms with Crippen LogP contribution in [-0.2, 0) is 11.2 Å². The molecule has 1 aliphatic carbocycles. The van der Waals surface area contributed by atoms with Crippen molar-refractivity contribution >= 4 is 34.2 Å². The summed E-state index contributed by atoms with van der Waals surface area (Å²) in [6.07, 6.45) is 6.30. The molecule has 7 nitrogen and oxygen atoms in total. The van der Waals surface area contributed by atoms with E-state index in [0.717, 1.165) is 11.4 Å². The topological polar surface area (TPSA) is 104 Å². The lowest BCUT2D eigenvalue weighted by Crippen LogP contribution is -2.14. The van der Waals surface area contributed by atoms with E-state index in [1.807, 2.05) is 36.4 Å². The molecule has 1 saturated carbocycles. The van der Waals surface area contributed by atoms with Crippen molar-refractivity contribution in [2.45, 2.75) is 44.4 Å². The van der Waals surface area contributed by atoms with Gasteiger partial charge in [0.05, 0.1) is 16.6 Å². The zero-order chi connectivity index (χ0) is 25.3. The van der Waals surface area contributed by atoms with Gasteiger partial charge in [-0.2, -0.15) is 0 Å². The highest BCUT2D eigenvalue weighted by Gasteiger charge is 2.19. The van der Waals surface area contributed by atoms with Crippen molar-refractivity contribution in [1.29, 1.82) is 0 Å². The molecule has 0 spiro atoms. The minimum atomic E-state index is -1.05. The number of carboxylic acids is 1. The van der Waals surface area contributed by atoms with Gasteiger partial charge in [-0.25, -0.2) is 10.5 Å². The Morgan fingerprint density at radius 1 is 1.03 bits per heavy atom. The maximum atomic E-state index is 11.6. The highest BCUT2D eigenvalue weighted by Crippen LogP contribution is 2.37. The lowest BCUT2D eigenvalue weighted by Gasteiger charge is -2.24. The quantitative estimate of drug-likeness (QED) is 0.264. The molecule has 1 aliphatic rings. The molecule has 8 heteroatoms. The number of carbonyl (C=O) groups is 1. The maximum absolute atomic E-state index is 11.6. The van der Waals surface area contributed by atoms with Crippen LogP contribution < -0.4 is 15.9 Å². The van der Waals surface area contributed by atoms with Gasteiger partial charge < -0.3 is 14.9 Å². The van der Waals surface area contributed by atoms with Gasteiger partial charge in [-0.3, -0.25) is 9.59 Å². The van der Waals surface area contributed by atoms with Crippen molar-refractivity contribution in [1.82, 2.24) is 9.97 Å². The molecule has 3 N–H and O–H groups in total. The molecule has 186 valence electrons. The third-order valence-electron chi connectivity index (χ3n) is 6.05. The van der Waals surface area contributed by atoms with E-state index in [4.69, 9.17) is 21.5 Å².